The lowest BCUT2D eigenvalue weighted by Gasteiger charge is -2.15. The maximum atomic E-state index is 5.07. The zero-order valence-electron chi connectivity index (χ0n) is 7.17. The van der Waals surface area contributed by atoms with Crippen molar-refractivity contribution in [2.75, 3.05) is 6.61 Å². The van der Waals surface area contributed by atoms with Gasteiger partial charge in [-0.2, -0.15) is 4.89 Å². The number of aryl methyl sites for hydroxylation is 1. The number of fused-ring (bicyclic) bond motifs is 1. The first-order valence-corrected chi connectivity index (χ1v) is 4.31. The lowest BCUT2D eigenvalue weighted by atomic mass is 10.1. The zero-order chi connectivity index (χ0) is 8.39. The van der Waals surface area contributed by atoms with E-state index in [0.29, 0.717) is 6.61 Å². The molecular formula is C10H12O2. The third-order valence-electron chi connectivity index (χ3n) is 2.14. The van der Waals surface area contributed by atoms with Crippen LogP contribution in [0.2, 0.25) is 0 Å². The van der Waals surface area contributed by atoms with E-state index < -0.39 is 0 Å². The lowest BCUT2D eigenvalue weighted by Crippen LogP contribution is -2.10. The van der Waals surface area contributed by atoms with Crippen molar-refractivity contribution in [2.24, 2.45) is 0 Å². The zero-order valence-corrected chi connectivity index (χ0v) is 7.17. The first-order chi connectivity index (χ1) is 5.90. The number of hydrogen-bond acceptors (Lipinski definition) is 2. The van der Waals surface area contributed by atoms with Crippen LogP contribution in [0.25, 0.3) is 0 Å². The Balaban J connectivity index is 2.36. The Morgan fingerprint density at radius 2 is 2.33 bits per heavy atom. The maximum Gasteiger partial charge on any atom is 0.168 e. The topological polar surface area (TPSA) is 18.5 Å². The molecule has 1 heterocycles. The summed E-state index contributed by atoms with van der Waals surface area (Å²) in [6.45, 7) is 2.80. The van der Waals surface area contributed by atoms with Gasteiger partial charge in [-0.05, 0) is 18.1 Å². The van der Waals surface area contributed by atoms with E-state index in [1.54, 1.807) is 0 Å². The van der Waals surface area contributed by atoms with Crippen molar-refractivity contribution in [3.8, 4) is 5.75 Å². The molecule has 12 heavy (non-hydrogen) atoms. The van der Waals surface area contributed by atoms with Gasteiger partial charge in [0.15, 0.2) is 5.75 Å². The third kappa shape index (κ3) is 1.30. The first kappa shape index (κ1) is 7.62. The van der Waals surface area contributed by atoms with Gasteiger partial charge in [0, 0.05) is 12.0 Å². The van der Waals surface area contributed by atoms with Crippen molar-refractivity contribution in [1.29, 1.82) is 0 Å². The van der Waals surface area contributed by atoms with Crippen LogP contribution in [0.15, 0.2) is 18.2 Å². The molecular weight excluding hydrogens is 152 g/mol. The Labute approximate surface area is 72.0 Å². The Hall–Kier alpha value is -1.02. The Morgan fingerprint density at radius 1 is 1.42 bits per heavy atom. The largest absolute Gasteiger partial charge is 0.337 e. The second-order valence-corrected chi connectivity index (χ2v) is 2.95. The second-order valence-electron chi connectivity index (χ2n) is 2.95. The minimum absolute atomic E-state index is 0.665. The van der Waals surface area contributed by atoms with Gasteiger partial charge in [-0.15, -0.1) is 0 Å². The molecule has 1 aromatic rings. The summed E-state index contributed by atoms with van der Waals surface area (Å²) in [6, 6.07) is 6.32. The van der Waals surface area contributed by atoms with Crippen molar-refractivity contribution in [3.63, 3.8) is 0 Å². The third-order valence-corrected chi connectivity index (χ3v) is 2.14. The highest BCUT2D eigenvalue weighted by molar-refractivity contribution is 5.38. The SMILES string of the molecule is CCc1ccc2c(c1)OOCC2. The van der Waals surface area contributed by atoms with E-state index in [0.717, 1.165) is 18.6 Å². The molecule has 0 bridgehead atoms. The van der Waals surface area contributed by atoms with Crippen LogP contribution < -0.4 is 4.89 Å². The van der Waals surface area contributed by atoms with Gasteiger partial charge >= 0.3 is 0 Å². The molecule has 2 nitrogen and oxygen atoms in total. The van der Waals surface area contributed by atoms with Gasteiger partial charge < -0.3 is 4.89 Å². The maximum absolute atomic E-state index is 5.07. The molecule has 0 saturated heterocycles. The average Bonchev–Trinajstić information content (AvgIpc) is 2.17. The van der Waals surface area contributed by atoms with Crippen molar-refractivity contribution in [2.45, 2.75) is 19.8 Å². The average molecular weight is 164 g/mol. The molecule has 0 aliphatic carbocycles. The molecule has 0 saturated carbocycles. The summed E-state index contributed by atoms with van der Waals surface area (Å²) in [6.07, 6.45) is 2.00. The fraction of sp³-hybridized carbons (Fsp3) is 0.400. The van der Waals surface area contributed by atoms with Gasteiger partial charge in [-0.25, -0.2) is 0 Å². The van der Waals surface area contributed by atoms with Crippen molar-refractivity contribution in [1.82, 2.24) is 0 Å². The molecule has 1 aliphatic rings. The first-order valence-electron chi connectivity index (χ1n) is 4.31. The standard InChI is InChI=1S/C10H12O2/c1-2-8-3-4-9-5-6-11-12-10(9)7-8/h3-4,7H,2,5-6H2,1H3. The minimum atomic E-state index is 0.665. The molecule has 1 aliphatic heterocycles. The minimum Gasteiger partial charge on any atom is -0.337 e. The second kappa shape index (κ2) is 3.15. The summed E-state index contributed by atoms with van der Waals surface area (Å²) >= 11 is 0. The molecule has 0 radical (unpaired) electrons. The van der Waals surface area contributed by atoms with Crippen molar-refractivity contribution >= 4 is 0 Å². The van der Waals surface area contributed by atoms with E-state index in [4.69, 9.17) is 9.78 Å². The molecule has 1 aromatic carbocycles. The summed E-state index contributed by atoms with van der Waals surface area (Å²) in [7, 11) is 0. The smallest absolute Gasteiger partial charge is 0.168 e. The monoisotopic (exact) mass is 164 g/mol. The van der Waals surface area contributed by atoms with E-state index >= 15 is 0 Å². The summed E-state index contributed by atoms with van der Waals surface area (Å²) in [5, 5.41) is 0. The van der Waals surface area contributed by atoms with Gasteiger partial charge in [-0.1, -0.05) is 19.1 Å². The quantitative estimate of drug-likeness (QED) is 0.592. The fourth-order valence-corrected chi connectivity index (χ4v) is 1.36. The summed E-state index contributed by atoms with van der Waals surface area (Å²) in [4.78, 5) is 9.96. The van der Waals surface area contributed by atoms with Crippen molar-refractivity contribution < 1.29 is 9.78 Å². The number of rotatable bonds is 1. The van der Waals surface area contributed by atoms with Crippen LogP contribution in [0, 0.1) is 0 Å². The van der Waals surface area contributed by atoms with Crippen LogP contribution in [0.4, 0.5) is 0 Å². The molecule has 0 unspecified atom stereocenters. The van der Waals surface area contributed by atoms with Crippen LogP contribution >= 0.6 is 0 Å². The van der Waals surface area contributed by atoms with Crippen molar-refractivity contribution in [3.05, 3.63) is 29.3 Å². The van der Waals surface area contributed by atoms with E-state index in [9.17, 15) is 0 Å². The lowest BCUT2D eigenvalue weighted by molar-refractivity contribution is -0.215. The molecule has 0 amide bonds. The molecule has 0 N–H and O–H groups in total. The van der Waals surface area contributed by atoms with E-state index in [-0.39, 0.29) is 0 Å². The van der Waals surface area contributed by atoms with Crippen LogP contribution in [-0.2, 0) is 17.7 Å². The van der Waals surface area contributed by atoms with Gasteiger partial charge in [0.1, 0.15) is 0 Å². The van der Waals surface area contributed by atoms with E-state index in [1.807, 2.05) is 0 Å². The highest BCUT2D eigenvalue weighted by Gasteiger charge is 2.10. The van der Waals surface area contributed by atoms with Gasteiger partial charge in [0.2, 0.25) is 0 Å². The summed E-state index contributed by atoms with van der Waals surface area (Å²) in [5.41, 5.74) is 2.54. The summed E-state index contributed by atoms with van der Waals surface area (Å²) < 4.78 is 0. The Bertz CT molecular complexity index is 281. The molecule has 0 aromatic heterocycles. The molecule has 0 atom stereocenters. The van der Waals surface area contributed by atoms with Crippen LogP contribution in [0.1, 0.15) is 18.1 Å². The highest BCUT2D eigenvalue weighted by atomic mass is 17.2. The molecule has 0 spiro atoms. The summed E-state index contributed by atoms with van der Waals surface area (Å²) in [5.74, 6) is 0.889. The predicted molar refractivity (Wildman–Crippen MR) is 46.1 cm³/mol. The van der Waals surface area contributed by atoms with Gasteiger partial charge in [-0.3, -0.25) is 0 Å². The predicted octanol–water partition coefficient (Wildman–Crippen LogP) is 2.12. The fourth-order valence-electron chi connectivity index (χ4n) is 1.36. The normalized spacial score (nSPS) is 15.1. The van der Waals surface area contributed by atoms with Gasteiger partial charge in [0.25, 0.3) is 0 Å². The van der Waals surface area contributed by atoms with Gasteiger partial charge in [0.05, 0.1) is 6.61 Å². The number of hydrogen-bond donors (Lipinski definition) is 0. The van der Waals surface area contributed by atoms with Crippen LogP contribution in [-0.4, -0.2) is 6.61 Å². The Morgan fingerprint density at radius 3 is 3.17 bits per heavy atom. The Kier molecular flexibility index (Phi) is 2.00. The molecule has 2 rings (SSSR count). The van der Waals surface area contributed by atoms with Crippen LogP contribution in [0.3, 0.4) is 0 Å². The molecule has 2 heteroatoms. The van der Waals surface area contributed by atoms with E-state index in [1.165, 1.54) is 11.1 Å². The molecule has 64 valence electrons. The van der Waals surface area contributed by atoms with E-state index in [2.05, 4.69) is 25.1 Å². The highest BCUT2D eigenvalue weighted by Crippen LogP contribution is 2.24. The molecule has 0 fully saturated rings. The number of benzene rings is 1. The van der Waals surface area contributed by atoms with Crippen LogP contribution in [0.5, 0.6) is 5.75 Å².